The van der Waals surface area contributed by atoms with E-state index in [0.717, 1.165) is 18.5 Å². The van der Waals surface area contributed by atoms with Gasteiger partial charge in [-0.25, -0.2) is 4.39 Å². The summed E-state index contributed by atoms with van der Waals surface area (Å²) in [4.78, 5) is 0. The zero-order valence-electron chi connectivity index (χ0n) is 12.2. The van der Waals surface area contributed by atoms with E-state index in [2.05, 4.69) is 12.2 Å². The maximum Gasteiger partial charge on any atom is 0.123 e. The van der Waals surface area contributed by atoms with Crippen LogP contribution in [0.2, 0.25) is 0 Å². The van der Waals surface area contributed by atoms with Gasteiger partial charge in [0.2, 0.25) is 0 Å². The lowest BCUT2D eigenvalue weighted by Gasteiger charge is -2.24. The molecule has 1 saturated carbocycles. The van der Waals surface area contributed by atoms with Crippen LogP contribution in [0.15, 0.2) is 24.3 Å². The molecule has 3 heteroatoms. The van der Waals surface area contributed by atoms with Gasteiger partial charge in [-0.2, -0.15) is 0 Å². The number of hydrogen-bond donors (Lipinski definition) is 1. The third kappa shape index (κ3) is 3.04. The highest BCUT2D eigenvalue weighted by Crippen LogP contribution is 2.43. The Bertz CT molecular complexity index is 456. The molecule has 2 fully saturated rings. The molecule has 1 aliphatic heterocycles. The number of nitrogens with one attached hydrogen (secondary N) is 1. The van der Waals surface area contributed by atoms with E-state index in [0.29, 0.717) is 6.10 Å². The van der Waals surface area contributed by atoms with Crippen LogP contribution in [0.1, 0.15) is 57.1 Å². The second-order valence-corrected chi connectivity index (χ2v) is 6.35. The van der Waals surface area contributed by atoms with Gasteiger partial charge in [0, 0.05) is 12.6 Å². The molecular formula is C17H24FNO. The predicted molar refractivity (Wildman–Crippen MR) is 78.1 cm³/mol. The average molecular weight is 277 g/mol. The van der Waals surface area contributed by atoms with E-state index >= 15 is 0 Å². The summed E-state index contributed by atoms with van der Waals surface area (Å²) in [5, 5.41) is 3.48. The average Bonchev–Trinajstić information content (AvgIpc) is 3.07. The SMILES string of the molecule is C[C@H](NCC1CCC2(CCCC2)O1)c1cccc(F)c1. The maximum atomic E-state index is 13.2. The number of halogens is 1. The van der Waals surface area contributed by atoms with Crippen molar-refractivity contribution in [1.82, 2.24) is 5.32 Å². The van der Waals surface area contributed by atoms with E-state index in [9.17, 15) is 4.39 Å². The summed E-state index contributed by atoms with van der Waals surface area (Å²) in [6.45, 7) is 2.94. The molecule has 1 heterocycles. The van der Waals surface area contributed by atoms with Crippen LogP contribution in [0.3, 0.4) is 0 Å². The third-order valence-electron chi connectivity index (χ3n) is 4.85. The molecule has 0 bridgehead atoms. The van der Waals surface area contributed by atoms with Crippen LogP contribution in [0.5, 0.6) is 0 Å². The fourth-order valence-corrected chi connectivity index (χ4v) is 3.63. The molecule has 2 aliphatic rings. The Morgan fingerprint density at radius 1 is 1.35 bits per heavy atom. The first-order chi connectivity index (χ1) is 9.67. The second kappa shape index (κ2) is 5.82. The van der Waals surface area contributed by atoms with Crippen molar-refractivity contribution in [1.29, 1.82) is 0 Å². The number of rotatable bonds is 4. The highest BCUT2D eigenvalue weighted by molar-refractivity contribution is 5.19. The lowest BCUT2D eigenvalue weighted by Crippen LogP contribution is -2.32. The van der Waals surface area contributed by atoms with Gasteiger partial charge in [-0.3, -0.25) is 0 Å². The van der Waals surface area contributed by atoms with Crippen molar-refractivity contribution >= 4 is 0 Å². The van der Waals surface area contributed by atoms with Crippen LogP contribution >= 0.6 is 0 Å². The number of ether oxygens (including phenoxy) is 1. The van der Waals surface area contributed by atoms with E-state index in [1.54, 1.807) is 12.1 Å². The Labute approximate surface area is 120 Å². The summed E-state index contributed by atoms with van der Waals surface area (Å²) in [6.07, 6.45) is 7.81. The molecule has 20 heavy (non-hydrogen) atoms. The molecule has 1 unspecified atom stereocenters. The molecule has 0 aromatic heterocycles. The van der Waals surface area contributed by atoms with Crippen LogP contribution < -0.4 is 5.32 Å². The van der Waals surface area contributed by atoms with Crippen LogP contribution in [0.4, 0.5) is 4.39 Å². The lowest BCUT2D eigenvalue weighted by atomic mass is 9.98. The Morgan fingerprint density at radius 2 is 2.15 bits per heavy atom. The molecule has 2 nitrogen and oxygen atoms in total. The van der Waals surface area contributed by atoms with Gasteiger partial charge in [-0.05, 0) is 50.3 Å². The Morgan fingerprint density at radius 3 is 2.90 bits per heavy atom. The normalized spacial score (nSPS) is 26.2. The van der Waals surface area contributed by atoms with E-state index in [1.165, 1.54) is 38.2 Å². The summed E-state index contributed by atoms with van der Waals surface area (Å²) in [5.41, 5.74) is 1.20. The molecule has 1 saturated heterocycles. The molecule has 2 atom stereocenters. The fraction of sp³-hybridized carbons (Fsp3) is 0.647. The van der Waals surface area contributed by atoms with Crippen molar-refractivity contribution in [2.75, 3.05) is 6.54 Å². The van der Waals surface area contributed by atoms with Gasteiger partial charge in [0.05, 0.1) is 11.7 Å². The highest BCUT2D eigenvalue weighted by Gasteiger charge is 2.41. The maximum absolute atomic E-state index is 13.2. The van der Waals surface area contributed by atoms with Crippen molar-refractivity contribution in [3.8, 4) is 0 Å². The Kier molecular flexibility index (Phi) is 4.08. The lowest BCUT2D eigenvalue weighted by molar-refractivity contribution is -0.0357. The van der Waals surface area contributed by atoms with Gasteiger partial charge in [0.1, 0.15) is 5.82 Å². The minimum atomic E-state index is -0.168. The first-order valence-electron chi connectivity index (χ1n) is 7.84. The molecule has 0 amide bonds. The van der Waals surface area contributed by atoms with Gasteiger partial charge in [0.15, 0.2) is 0 Å². The number of benzene rings is 1. The molecule has 110 valence electrons. The second-order valence-electron chi connectivity index (χ2n) is 6.35. The molecule has 1 N–H and O–H groups in total. The van der Waals surface area contributed by atoms with Crippen LogP contribution in [0.25, 0.3) is 0 Å². The van der Waals surface area contributed by atoms with E-state index < -0.39 is 0 Å². The van der Waals surface area contributed by atoms with Crippen molar-refractivity contribution in [3.05, 3.63) is 35.6 Å². The van der Waals surface area contributed by atoms with E-state index in [1.807, 2.05) is 6.07 Å². The van der Waals surface area contributed by atoms with Crippen LogP contribution in [-0.4, -0.2) is 18.2 Å². The van der Waals surface area contributed by atoms with Gasteiger partial charge < -0.3 is 10.1 Å². The Hall–Kier alpha value is -0.930. The van der Waals surface area contributed by atoms with Crippen molar-refractivity contribution < 1.29 is 9.13 Å². The minimum absolute atomic E-state index is 0.162. The van der Waals surface area contributed by atoms with Gasteiger partial charge in [0.25, 0.3) is 0 Å². The molecule has 3 rings (SSSR count). The molecular weight excluding hydrogens is 253 g/mol. The standard InChI is InChI=1S/C17H24FNO/c1-13(14-5-4-6-15(18)11-14)19-12-16-7-10-17(20-16)8-2-3-9-17/h4-6,11,13,16,19H,2-3,7-10,12H2,1H3/t13-,16?/m0/s1. The largest absolute Gasteiger partial charge is 0.370 e. The smallest absolute Gasteiger partial charge is 0.123 e. The van der Waals surface area contributed by atoms with Crippen LogP contribution in [-0.2, 0) is 4.74 Å². The molecule has 1 spiro atoms. The predicted octanol–water partition coefficient (Wildman–Crippen LogP) is 3.97. The third-order valence-corrected chi connectivity index (χ3v) is 4.85. The summed E-state index contributed by atoms with van der Waals surface area (Å²) < 4.78 is 19.5. The molecule has 1 aromatic rings. The first kappa shape index (κ1) is 14.0. The van der Waals surface area contributed by atoms with Crippen molar-refractivity contribution in [2.45, 2.75) is 63.2 Å². The molecule has 1 aliphatic carbocycles. The van der Waals surface area contributed by atoms with Gasteiger partial charge >= 0.3 is 0 Å². The van der Waals surface area contributed by atoms with E-state index in [4.69, 9.17) is 4.74 Å². The Balaban J connectivity index is 1.50. The van der Waals surface area contributed by atoms with Gasteiger partial charge in [-0.1, -0.05) is 25.0 Å². The van der Waals surface area contributed by atoms with Gasteiger partial charge in [-0.15, -0.1) is 0 Å². The number of hydrogen-bond acceptors (Lipinski definition) is 2. The first-order valence-corrected chi connectivity index (χ1v) is 7.84. The van der Waals surface area contributed by atoms with Crippen molar-refractivity contribution in [2.24, 2.45) is 0 Å². The van der Waals surface area contributed by atoms with E-state index in [-0.39, 0.29) is 17.5 Å². The van der Waals surface area contributed by atoms with Crippen molar-refractivity contribution in [3.63, 3.8) is 0 Å². The fourth-order valence-electron chi connectivity index (χ4n) is 3.63. The molecule has 1 aromatic carbocycles. The summed E-state index contributed by atoms with van der Waals surface area (Å²) >= 11 is 0. The quantitative estimate of drug-likeness (QED) is 0.899. The summed E-state index contributed by atoms with van der Waals surface area (Å²) in [5.74, 6) is -0.168. The highest BCUT2D eigenvalue weighted by atomic mass is 19.1. The van der Waals surface area contributed by atoms with Crippen LogP contribution in [0, 0.1) is 5.82 Å². The molecule has 0 radical (unpaired) electrons. The topological polar surface area (TPSA) is 21.3 Å². The zero-order chi connectivity index (χ0) is 14.0. The zero-order valence-corrected chi connectivity index (χ0v) is 12.2. The minimum Gasteiger partial charge on any atom is -0.370 e. The monoisotopic (exact) mass is 277 g/mol. The summed E-state index contributed by atoms with van der Waals surface area (Å²) in [6, 6.07) is 6.98. The summed E-state index contributed by atoms with van der Waals surface area (Å²) in [7, 11) is 0.